The van der Waals surface area contributed by atoms with Crippen molar-refractivity contribution in [1.82, 2.24) is 4.98 Å². The number of pyridine rings is 1. The van der Waals surface area contributed by atoms with Crippen LogP contribution < -0.4 is 5.32 Å². The summed E-state index contributed by atoms with van der Waals surface area (Å²) >= 11 is 3.35. The van der Waals surface area contributed by atoms with E-state index in [2.05, 4.69) is 32.3 Å². The number of hydrogen-bond donors (Lipinski definition) is 1. The van der Waals surface area contributed by atoms with Gasteiger partial charge in [-0.3, -0.25) is 0 Å². The number of benzene rings is 1. The van der Waals surface area contributed by atoms with Gasteiger partial charge in [0.2, 0.25) is 0 Å². The highest BCUT2D eigenvalue weighted by molar-refractivity contribution is 9.10. The Kier molecular flexibility index (Phi) is 3.96. The number of rotatable bonds is 3. The van der Waals surface area contributed by atoms with Gasteiger partial charge in [0.25, 0.3) is 0 Å². The number of nitrogens with zero attached hydrogens (tertiary/aromatic N) is 2. The first-order valence-corrected chi connectivity index (χ1v) is 6.36. The van der Waals surface area contributed by atoms with E-state index in [9.17, 15) is 0 Å². The Morgan fingerprint density at radius 3 is 2.83 bits per heavy atom. The van der Waals surface area contributed by atoms with Gasteiger partial charge in [-0.2, -0.15) is 5.26 Å². The third kappa shape index (κ3) is 3.08. The van der Waals surface area contributed by atoms with Gasteiger partial charge in [-0.05, 0) is 52.7 Å². The van der Waals surface area contributed by atoms with Crippen LogP contribution in [0.1, 0.15) is 24.1 Å². The Morgan fingerprint density at radius 2 is 2.17 bits per heavy atom. The number of aromatic nitrogens is 1. The van der Waals surface area contributed by atoms with E-state index >= 15 is 0 Å². The Balaban J connectivity index is 2.14. The van der Waals surface area contributed by atoms with Crippen LogP contribution in [0.2, 0.25) is 0 Å². The van der Waals surface area contributed by atoms with E-state index in [0.717, 1.165) is 15.9 Å². The van der Waals surface area contributed by atoms with E-state index in [1.807, 2.05) is 37.3 Å². The Morgan fingerprint density at radius 1 is 1.33 bits per heavy atom. The summed E-state index contributed by atoms with van der Waals surface area (Å²) in [6.07, 6.45) is 1.75. The van der Waals surface area contributed by atoms with Crippen LogP contribution in [0.3, 0.4) is 0 Å². The quantitative estimate of drug-likeness (QED) is 0.935. The van der Waals surface area contributed by atoms with E-state index in [1.54, 1.807) is 12.3 Å². The first-order valence-electron chi connectivity index (χ1n) is 5.57. The third-order valence-corrected chi connectivity index (χ3v) is 3.08. The molecule has 0 bridgehead atoms. The van der Waals surface area contributed by atoms with Crippen LogP contribution in [-0.4, -0.2) is 4.98 Å². The van der Waals surface area contributed by atoms with Gasteiger partial charge >= 0.3 is 0 Å². The average Bonchev–Trinajstić information content (AvgIpc) is 2.41. The molecule has 90 valence electrons. The monoisotopic (exact) mass is 301 g/mol. The van der Waals surface area contributed by atoms with E-state index in [0.29, 0.717) is 5.56 Å². The predicted molar refractivity (Wildman–Crippen MR) is 75.1 cm³/mol. The van der Waals surface area contributed by atoms with Crippen LogP contribution in [-0.2, 0) is 0 Å². The van der Waals surface area contributed by atoms with Crippen molar-refractivity contribution in [2.75, 3.05) is 5.32 Å². The summed E-state index contributed by atoms with van der Waals surface area (Å²) in [5.74, 6) is 0.813. The second-order valence-corrected chi connectivity index (χ2v) is 4.88. The zero-order chi connectivity index (χ0) is 13.0. The molecule has 1 heterocycles. The number of anilines is 1. The lowest BCUT2D eigenvalue weighted by atomic mass is 10.1. The highest BCUT2D eigenvalue weighted by Crippen LogP contribution is 2.19. The molecule has 0 fully saturated rings. The van der Waals surface area contributed by atoms with Crippen LogP contribution >= 0.6 is 15.9 Å². The molecule has 2 rings (SSSR count). The molecule has 1 aromatic heterocycles. The molecule has 18 heavy (non-hydrogen) atoms. The zero-order valence-electron chi connectivity index (χ0n) is 9.89. The topological polar surface area (TPSA) is 48.7 Å². The predicted octanol–water partition coefficient (Wildman–Crippen LogP) is 3.89. The molecule has 0 aliphatic rings. The minimum atomic E-state index is 0.104. The van der Waals surface area contributed by atoms with Crippen LogP contribution in [0, 0.1) is 11.3 Å². The van der Waals surface area contributed by atoms with Gasteiger partial charge in [-0.1, -0.05) is 12.1 Å². The van der Waals surface area contributed by atoms with Crippen molar-refractivity contribution >= 4 is 21.7 Å². The van der Waals surface area contributed by atoms with Crippen molar-refractivity contribution in [3.05, 3.63) is 58.2 Å². The molecule has 1 aromatic carbocycles. The molecule has 0 saturated heterocycles. The molecular weight excluding hydrogens is 290 g/mol. The summed E-state index contributed by atoms with van der Waals surface area (Å²) in [7, 11) is 0. The van der Waals surface area contributed by atoms with E-state index < -0.39 is 0 Å². The lowest BCUT2D eigenvalue weighted by molar-refractivity contribution is 0.874. The van der Waals surface area contributed by atoms with Crippen molar-refractivity contribution in [3.63, 3.8) is 0 Å². The second-order valence-electron chi connectivity index (χ2n) is 3.96. The molecule has 0 aliphatic heterocycles. The largest absolute Gasteiger partial charge is 0.364 e. The highest BCUT2D eigenvalue weighted by Gasteiger charge is 2.06. The maximum absolute atomic E-state index is 8.88. The van der Waals surface area contributed by atoms with Crippen molar-refractivity contribution in [2.45, 2.75) is 13.0 Å². The summed E-state index contributed by atoms with van der Waals surface area (Å²) in [5.41, 5.74) is 1.74. The standard InChI is InChI=1S/C14H12BrN3/c1-10(12-4-2-3-11(7-12)8-16)18-14-6-5-13(15)9-17-14/h2-7,9-10H,1H3,(H,17,18). The minimum absolute atomic E-state index is 0.104. The molecule has 1 unspecified atom stereocenters. The number of nitrogens with one attached hydrogen (secondary N) is 1. The van der Waals surface area contributed by atoms with Crippen LogP contribution in [0.4, 0.5) is 5.82 Å². The summed E-state index contributed by atoms with van der Waals surface area (Å²) in [6, 6.07) is 13.7. The maximum Gasteiger partial charge on any atom is 0.126 e. The molecule has 1 N–H and O–H groups in total. The van der Waals surface area contributed by atoms with Crippen molar-refractivity contribution in [1.29, 1.82) is 5.26 Å². The van der Waals surface area contributed by atoms with Gasteiger partial charge in [0, 0.05) is 16.7 Å². The van der Waals surface area contributed by atoms with Gasteiger partial charge < -0.3 is 5.32 Å². The second kappa shape index (κ2) is 5.65. The first-order chi connectivity index (χ1) is 8.69. The van der Waals surface area contributed by atoms with Gasteiger partial charge in [0.05, 0.1) is 11.6 Å². The fourth-order valence-electron chi connectivity index (χ4n) is 1.64. The summed E-state index contributed by atoms with van der Waals surface area (Å²) < 4.78 is 0.951. The lowest BCUT2D eigenvalue weighted by Crippen LogP contribution is -2.07. The maximum atomic E-state index is 8.88. The fourth-order valence-corrected chi connectivity index (χ4v) is 1.88. The van der Waals surface area contributed by atoms with Gasteiger partial charge in [-0.25, -0.2) is 4.98 Å². The smallest absolute Gasteiger partial charge is 0.126 e. The fraction of sp³-hybridized carbons (Fsp3) is 0.143. The summed E-state index contributed by atoms with van der Waals surface area (Å²) in [4.78, 5) is 4.26. The van der Waals surface area contributed by atoms with Crippen molar-refractivity contribution in [2.24, 2.45) is 0 Å². The normalized spacial score (nSPS) is 11.6. The van der Waals surface area contributed by atoms with E-state index in [1.165, 1.54) is 0 Å². The minimum Gasteiger partial charge on any atom is -0.364 e. The molecular formula is C14H12BrN3. The number of nitriles is 1. The Hall–Kier alpha value is -1.86. The number of hydrogen-bond acceptors (Lipinski definition) is 3. The Bertz CT molecular complexity index is 572. The van der Waals surface area contributed by atoms with Gasteiger partial charge in [0.15, 0.2) is 0 Å². The molecule has 0 amide bonds. The Labute approximate surface area is 115 Å². The molecule has 0 spiro atoms. The molecule has 0 saturated carbocycles. The lowest BCUT2D eigenvalue weighted by Gasteiger charge is -2.15. The highest BCUT2D eigenvalue weighted by atomic mass is 79.9. The van der Waals surface area contributed by atoms with Crippen molar-refractivity contribution in [3.8, 4) is 6.07 Å². The number of halogens is 1. The van der Waals surface area contributed by atoms with E-state index in [4.69, 9.17) is 5.26 Å². The third-order valence-electron chi connectivity index (χ3n) is 2.61. The first kappa shape index (κ1) is 12.6. The molecule has 0 radical (unpaired) electrons. The molecule has 2 aromatic rings. The zero-order valence-corrected chi connectivity index (χ0v) is 11.5. The molecule has 1 atom stereocenters. The van der Waals surface area contributed by atoms with Crippen LogP contribution in [0.15, 0.2) is 47.1 Å². The van der Waals surface area contributed by atoms with E-state index in [-0.39, 0.29) is 6.04 Å². The van der Waals surface area contributed by atoms with Crippen LogP contribution in [0.5, 0.6) is 0 Å². The summed E-state index contributed by atoms with van der Waals surface area (Å²) in [5, 5.41) is 12.2. The molecule has 3 nitrogen and oxygen atoms in total. The molecule has 0 aliphatic carbocycles. The average molecular weight is 302 g/mol. The summed E-state index contributed by atoms with van der Waals surface area (Å²) in [6.45, 7) is 2.04. The molecule has 4 heteroatoms. The SMILES string of the molecule is CC(Nc1ccc(Br)cn1)c1cccc(C#N)c1. The van der Waals surface area contributed by atoms with Gasteiger partial charge in [-0.15, -0.1) is 0 Å². The van der Waals surface area contributed by atoms with Crippen LogP contribution in [0.25, 0.3) is 0 Å². The van der Waals surface area contributed by atoms with Gasteiger partial charge in [0.1, 0.15) is 5.82 Å². The van der Waals surface area contributed by atoms with Crippen molar-refractivity contribution < 1.29 is 0 Å².